The molecular formula is C13H20N2O3. The lowest BCUT2D eigenvalue weighted by atomic mass is 10.1. The van der Waals surface area contributed by atoms with Crippen LogP contribution >= 0.6 is 0 Å². The number of aromatic carboxylic acids is 1. The fourth-order valence-corrected chi connectivity index (χ4v) is 1.74. The molecule has 1 rings (SSSR count). The summed E-state index contributed by atoms with van der Waals surface area (Å²) in [5, 5.41) is 12.2. The molecule has 0 aliphatic heterocycles. The number of carboxylic acid groups (broad SMARTS) is 1. The molecule has 0 saturated carbocycles. The molecule has 1 unspecified atom stereocenters. The highest BCUT2D eigenvalue weighted by molar-refractivity contribution is 5.88. The van der Waals surface area contributed by atoms with Gasteiger partial charge >= 0.3 is 5.97 Å². The average Bonchev–Trinajstić information content (AvgIpc) is 2.36. The second-order valence-electron chi connectivity index (χ2n) is 4.11. The van der Waals surface area contributed by atoms with Gasteiger partial charge in [-0.3, -0.25) is 0 Å². The topological polar surface area (TPSA) is 84.6 Å². The number of hydrogen-bond donors (Lipinski definition) is 3. The Morgan fingerprint density at radius 3 is 2.94 bits per heavy atom. The van der Waals surface area contributed by atoms with Gasteiger partial charge in [0.15, 0.2) is 0 Å². The van der Waals surface area contributed by atoms with Crippen molar-refractivity contribution in [2.75, 3.05) is 25.6 Å². The molecule has 0 radical (unpaired) electrons. The van der Waals surface area contributed by atoms with Crippen molar-refractivity contribution >= 4 is 11.7 Å². The van der Waals surface area contributed by atoms with Gasteiger partial charge in [0.1, 0.15) is 0 Å². The summed E-state index contributed by atoms with van der Waals surface area (Å²) in [4.78, 5) is 10.9. The Bertz CT molecular complexity index is 382. The number of carboxylic acids is 1. The Morgan fingerprint density at radius 2 is 2.33 bits per heavy atom. The van der Waals surface area contributed by atoms with Crippen molar-refractivity contribution in [1.29, 1.82) is 0 Å². The second-order valence-corrected chi connectivity index (χ2v) is 4.11. The lowest BCUT2D eigenvalue weighted by molar-refractivity contribution is 0.0697. The molecule has 0 heterocycles. The maximum Gasteiger partial charge on any atom is 0.335 e. The number of carbonyl (C=O) groups is 1. The minimum Gasteiger partial charge on any atom is -0.478 e. The SMILES string of the molecule is COCC(CCCN)Nc1cccc(C(=O)O)c1. The standard InChI is InChI=1S/C13H20N2O3/c1-18-9-12(6-3-7-14)15-11-5-2-4-10(8-11)13(16)17/h2,4-5,8,12,15H,3,6-7,9,14H2,1H3,(H,16,17). The molecule has 18 heavy (non-hydrogen) atoms. The number of hydrogen-bond acceptors (Lipinski definition) is 4. The molecule has 0 aromatic heterocycles. The maximum atomic E-state index is 10.9. The summed E-state index contributed by atoms with van der Waals surface area (Å²) in [5.41, 5.74) is 6.54. The Morgan fingerprint density at radius 1 is 1.56 bits per heavy atom. The van der Waals surface area contributed by atoms with E-state index in [1.165, 1.54) is 0 Å². The Kier molecular flexibility index (Phi) is 6.18. The van der Waals surface area contributed by atoms with Crippen LogP contribution in [0.25, 0.3) is 0 Å². The van der Waals surface area contributed by atoms with Crippen molar-refractivity contribution in [2.24, 2.45) is 5.73 Å². The van der Waals surface area contributed by atoms with Crippen molar-refractivity contribution in [1.82, 2.24) is 0 Å². The third kappa shape index (κ3) is 4.73. The zero-order valence-electron chi connectivity index (χ0n) is 10.6. The third-order valence-corrected chi connectivity index (χ3v) is 2.60. The molecule has 5 nitrogen and oxygen atoms in total. The van der Waals surface area contributed by atoms with Crippen LogP contribution in [0.15, 0.2) is 24.3 Å². The van der Waals surface area contributed by atoms with Crippen molar-refractivity contribution < 1.29 is 14.6 Å². The molecule has 0 spiro atoms. The van der Waals surface area contributed by atoms with E-state index in [2.05, 4.69) is 5.32 Å². The molecule has 1 aromatic carbocycles. The molecule has 5 heteroatoms. The van der Waals surface area contributed by atoms with E-state index < -0.39 is 5.97 Å². The van der Waals surface area contributed by atoms with E-state index in [9.17, 15) is 4.79 Å². The molecule has 4 N–H and O–H groups in total. The summed E-state index contributed by atoms with van der Waals surface area (Å²) in [5.74, 6) is -0.927. The lowest BCUT2D eigenvalue weighted by Crippen LogP contribution is -2.25. The van der Waals surface area contributed by atoms with Crippen molar-refractivity contribution in [3.05, 3.63) is 29.8 Å². The Labute approximate surface area is 107 Å². The van der Waals surface area contributed by atoms with Crippen molar-refractivity contribution in [3.8, 4) is 0 Å². The smallest absolute Gasteiger partial charge is 0.335 e. The number of anilines is 1. The van der Waals surface area contributed by atoms with E-state index in [1.807, 2.05) is 6.07 Å². The molecule has 0 aliphatic carbocycles. The minimum absolute atomic E-state index is 0.141. The minimum atomic E-state index is -0.927. The molecule has 100 valence electrons. The number of nitrogens with two attached hydrogens (primary N) is 1. The highest BCUT2D eigenvalue weighted by atomic mass is 16.5. The lowest BCUT2D eigenvalue weighted by Gasteiger charge is -2.19. The summed E-state index contributed by atoms with van der Waals surface area (Å²) in [6, 6.07) is 6.89. The predicted octanol–water partition coefficient (Wildman–Crippen LogP) is 1.55. The number of methoxy groups -OCH3 is 1. The first-order valence-corrected chi connectivity index (χ1v) is 5.96. The summed E-state index contributed by atoms with van der Waals surface area (Å²) >= 11 is 0. The van der Waals surface area contributed by atoms with Crippen LogP contribution in [0.4, 0.5) is 5.69 Å². The van der Waals surface area contributed by atoms with Crippen LogP contribution in [0.2, 0.25) is 0 Å². The van der Waals surface area contributed by atoms with Gasteiger partial charge in [-0.15, -0.1) is 0 Å². The van der Waals surface area contributed by atoms with Crippen molar-refractivity contribution in [3.63, 3.8) is 0 Å². The first-order chi connectivity index (χ1) is 8.67. The fraction of sp³-hybridized carbons (Fsp3) is 0.462. The molecular weight excluding hydrogens is 232 g/mol. The van der Waals surface area contributed by atoms with Crippen LogP contribution in [0.3, 0.4) is 0 Å². The van der Waals surface area contributed by atoms with Gasteiger partial charge in [0.2, 0.25) is 0 Å². The van der Waals surface area contributed by atoms with Gasteiger partial charge in [-0.2, -0.15) is 0 Å². The fourth-order valence-electron chi connectivity index (χ4n) is 1.74. The number of nitrogens with one attached hydrogen (secondary N) is 1. The van der Waals surface area contributed by atoms with E-state index >= 15 is 0 Å². The normalized spacial score (nSPS) is 12.1. The number of rotatable bonds is 8. The summed E-state index contributed by atoms with van der Waals surface area (Å²) in [6.45, 7) is 1.20. The highest BCUT2D eigenvalue weighted by Gasteiger charge is 2.09. The Hall–Kier alpha value is -1.59. The zero-order valence-corrected chi connectivity index (χ0v) is 10.6. The number of ether oxygens (including phenoxy) is 1. The predicted molar refractivity (Wildman–Crippen MR) is 71.0 cm³/mol. The van der Waals surface area contributed by atoms with Gasteiger partial charge in [-0.25, -0.2) is 4.79 Å². The molecule has 0 fully saturated rings. The highest BCUT2D eigenvalue weighted by Crippen LogP contribution is 2.13. The summed E-state index contributed by atoms with van der Waals surface area (Å²) in [7, 11) is 1.64. The monoisotopic (exact) mass is 252 g/mol. The molecule has 1 aromatic rings. The summed E-state index contributed by atoms with van der Waals surface area (Å²) in [6.07, 6.45) is 1.79. The van der Waals surface area contributed by atoms with E-state index in [-0.39, 0.29) is 11.6 Å². The van der Waals surface area contributed by atoms with Crippen LogP contribution < -0.4 is 11.1 Å². The maximum absolute atomic E-state index is 10.9. The van der Waals surface area contributed by atoms with Crippen LogP contribution in [-0.2, 0) is 4.74 Å². The zero-order chi connectivity index (χ0) is 13.4. The quantitative estimate of drug-likeness (QED) is 0.653. The Balaban J connectivity index is 2.67. The van der Waals surface area contributed by atoms with Crippen LogP contribution in [0, 0.1) is 0 Å². The van der Waals surface area contributed by atoms with Gasteiger partial charge in [0, 0.05) is 18.8 Å². The molecule has 0 bridgehead atoms. The van der Waals surface area contributed by atoms with Crippen LogP contribution in [-0.4, -0.2) is 37.4 Å². The van der Waals surface area contributed by atoms with Crippen LogP contribution in [0.5, 0.6) is 0 Å². The van der Waals surface area contributed by atoms with Crippen molar-refractivity contribution in [2.45, 2.75) is 18.9 Å². The first kappa shape index (κ1) is 14.5. The van der Waals surface area contributed by atoms with Gasteiger partial charge in [-0.1, -0.05) is 6.07 Å². The van der Waals surface area contributed by atoms with Crippen LogP contribution in [0.1, 0.15) is 23.2 Å². The number of benzene rings is 1. The average molecular weight is 252 g/mol. The van der Waals surface area contributed by atoms with Gasteiger partial charge < -0.3 is 20.9 Å². The molecule has 0 saturated heterocycles. The molecule has 0 amide bonds. The van der Waals surface area contributed by atoms with E-state index in [4.69, 9.17) is 15.6 Å². The first-order valence-electron chi connectivity index (χ1n) is 5.96. The molecule has 0 aliphatic rings. The van der Waals surface area contributed by atoms with Gasteiger partial charge in [0.25, 0.3) is 0 Å². The van der Waals surface area contributed by atoms with E-state index in [0.717, 1.165) is 18.5 Å². The third-order valence-electron chi connectivity index (χ3n) is 2.60. The molecule has 1 atom stereocenters. The van der Waals surface area contributed by atoms with E-state index in [1.54, 1.807) is 25.3 Å². The van der Waals surface area contributed by atoms with Gasteiger partial charge in [0.05, 0.1) is 12.2 Å². The van der Waals surface area contributed by atoms with E-state index in [0.29, 0.717) is 13.2 Å². The van der Waals surface area contributed by atoms with Gasteiger partial charge in [-0.05, 0) is 37.6 Å². The second kappa shape index (κ2) is 7.68. The summed E-state index contributed by atoms with van der Waals surface area (Å²) < 4.78 is 5.13. The largest absolute Gasteiger partial charge is 0.478 e.